The van der Waals surface area contributed by atoms with Gasteiger partial charge in [-0.3, -0.25) is 4.57 Å². The van der Waals surface area contributed by atoms with E-state index in [2.05, 4.69) is 41.0 Å². The summed E-state index contributed by atoms with van der Waals surface area (Å²) in [6.07, 6.45) is 2.48. The molecule has 0 N–H and O–H groups in total. The van der Waals surface area contributed by atoms with Gasteiger partial charge in [0, 0.05) is 23.5 Å². The molecule has 2 aromatic rings. The van der Waals surface area contributed by atoms with Crippen LogP contribution in [0.3, 0.4) is 0 Å². The summed E-state index contributed by atoms with van der Waals surface area (Å²) >= 11 is 3.50. The first kappa shape index (κ1) is 18.0. The maximum Gasteiger partial charge on any atom is 0.419 e. The fraction of sp³-hybridized carbons (Fsp3) is 0.500. The molecule has 0 atom stereocenters. The molecule has 0 saturated carbocycles. The van der Waals surface area contributed by atoms with Gasteiger partial charge in [0.1, 0.15) is 5.60 Å². The molecule has 0 radical (unpaired) electrons. The Morgan fingerprint density at radius 1 is 1.30 bits per heavy atom. The summed E-state index contributed by atoms with van der Waals surface area (Å²) in [5.41, 5.74) is 2.76. The Balaban J connectivity index is 2.46. The number of benzene rings is 1. The lowest BCUT2D eigenvalue weighted by atomic mass is 10.1. The van der Waals surface area contributed by atoms with Crippen molar-refractivity contribution < 1.29 is 9.53 Å². The summed E-state index contributed by atoms with van der Waals surface area (Å²) in [6.45, 7) is 6.58. The Morgan fingerprint density at radius 3 is 2.57 bits per heavy atom. The molecule has 0 amide bonds. The van der Waals surface area contributed by atoms with Crippen molar-refractivity contribution in [3.63, 3.8) is 0 Å². The van der Waals surface area contributed by atoms with Crippen LogP contribution in [0.2, 0.25) is 0 Å². The van der Waals surface area contributed by atoms with Crippen molar-refractivity contribution in [3.05, 3.63) is 35.5 Å². The lowest BCUT2D eigenvalue weighted by Gasteiger charge is -2.19. The Labute approximate surface area is 146 Å². The highest BCUT2D eigenvalue weighted by atomic mass is 79.9. The summed E-state index contributed by atoms with van der Waals surface area (Å²) in [7, 11) is 4.11. The van der Waals surface area contributed by atoms with Gasteiger partial charge < -0.3 is 9.64 Å². The van der Waals surface area contributed by atoms with E-state index in [1.54, 1.807) is 4.57 Å². The SMILES string of the molecule is CN(C)CCc1cn(C(=O)OC(C)(C)C)c2ccc(CBr)cc12. The van der Waals surface area contributed by atoms with Crippen LogP contribution in [0, 0.1) is 0 Å². The van der Waals surface area contributed by atoms with Gasteiger partial charge in [-0.2, -0.15) is 0 Å². The normalized spacial score (nSPS) is 12.1. The average molecular weight is 381 g/mol. The third-order valence-corrected chi connectivity index (χ3v) is 4.17. The summed E-state index contributed by atoms with van der Waals surface area (Å²) in [5, 5.41) is 1.92. The molecule has 1 heterocycles. The van der Waals surface area contributed by atoms with E-state index in [0.29, 0.717) is 0 Å². The standard InChI is InChI=1S/C18H25BrN2O2/c1-18(2,3)23-17(22)21-12-14(8-9-20(4)5)15-10-13(11-19)6-7-16(15)21/h6-7,10,12H,8-9,11H2,1-5H3. The number of hydrogen-bond acceptors (Lipinski definition) is 3. The summed E-state index contributed by atoms with van der Waals surface area (Å²) in [4.78, 5) is 14.6. The molecule has 23 heavy (non-hydrogen) atoms. The van der Waals surface area contributed by atoms with Crippen LogP contribution in [-0.2, 0) is 16.5 Å². The number of halogens is 1. The molecular formula is C18H25BrN2O2. The molecule has 1 aromatic carbocycles. The van der Waals surface area contributed by atoms with Crippen LogP contribution in [0.4, 0.5) is 4.79 Å². The monoisotopic (exact) mass is 380 g/mol. The molecule has 0 aliphatic heterocycles. The van der Waals surface area contributed by atoms with Gasteiger partial charge in [0.2, 0.25) is 0 Å². The quantitative estimate of drug-likeness (QED) is 0.736. The van der Waals surface area contributed by atoms with Gasteiger partial charge in [-0.05, 0) is 64.5 Å². The van der Waals surface area contributed by atoms with E-state index in [4.69, 9.17) is 4.74 Å². The number of alkyl halides is 1. The fourth-order valence-electron chi connectivity index (χ4n) is 2.43. The van der Waals surface area contributed by atoms with Crippen molar-refractivity contribution in [2.24, 2.45) is 0 Å². The second kappa shape index (κ2) is 7.05. The zero-order valence-corrected chi connectivity index (χ0v) is 16.1. The van der Waals surface area contributed by atoms with Crippen molar-refractivity contribution in [1.82, 2.24) is 9.47 Å². The number of carbonyl (C=O) groups is 1. The van der Waals surface area contributed by atoms with Crippen LogP contribution >= 0.6 is 15.9 Å². The van der Waals surface area contributed by atoms with E-state index >= 15 is 0 Å². The highest BCUT2D eigenvalue weighted by molar-refractivity contribution is 9.08. The average Bonchev–Trinajstić information content (AvgIpc) is 2.81. The maximum absolute atomic E-state index is 12.5. The number of ether oxygens (including phenoxy) is 1. The number of aromatic nitrogens is 1. The van der Waals surface area contributed by atoms with Gasteiger partial charge in [-0.1, -0.05) is 22.0 Å². The minimum absolute atomic E-state index is 0.329. The van der Waals surface area contributed by atoms with E-state index in [-0.39, 0.29) is 6.09 Å². The van der Waals surface area contributed by atoms with E-state index in [1.807, 2.05) is 39.1 Å². The predicted octanol–water partition coefficient (Wildman–Crippen LogP) is 4.42. The molecule has 2 rings (SSSR count). The first-order valence-corrected chi connectivity index (χ1v) is 8.90. The van der Waals surface area contributed by atoms with E-state index < -0.39 is 5.60 Å². The molecule has 0 unspecified atom stereocenters. The molecular weight excluding hydrogens is 356 g/mol. The molecule has 0 spiro atoms. The van der Waals surface area contributed by atoms with E-state index in [9.17, 15) is 4.79 Å². The number of nitrogens with zero attached hydrogens (tertiary/aromatic N) is 2. The number of hydrogen-bond donors (Lipinski definition) is 0. The Morgan fingerprint density at radius 2 is 2.00 bits per heavy atom. The number of rotatable bonds is 4. The molecule has 0 fully saturated rings. The number of likely N-dealkylation sites (N-methyl/N-ethyl adjacent to an activating group) is 1. The molecule has 4 nitrogen and oxygen atoms in total. The van der Waals surface area contributed by atoms with Crippen molar-refractivity contribution in [2.45, 2.75) is 38.1 Å². The summed E-state index contributed by atoms with van der Waals surface area (Å²) in [5.74, 6) is 0. The van der Waals surface area contributed by atoms with Crippen molar-refractivity contribution >= 4 is 32.9 Å². The zero-order valence-electron chi connectivity index (χ0n) is 14.5. The molecule has 0 aliphatic rings. The van der Waals surface area contributed by atoms with Crippen LogP contribution in [-0.4, -0.2) is 41.8 Å². The Hall–Kier alpha value is -1.33. The van der Waals surface area contributed by atoms with E-state index in [1.165, 1.54) is 11.1 Å². The van der Waals surface area contributed by atoms with Gasteiger partial charge >= 0.3 is 6.09 Å². The number of fused-ring (bicyclic) bond motifs is 1. The van der Waals surface area contributed by atoms with Gasteiger partial charge in [0.15, 0.2) is 0 Å². The number of carbonyl (C=O) groups excluding carboxylic acids is 1. The van der Waals surface area contributed by atoms with Crippen LogP contribution < -0.4 is 0 Å². The van der Waals surface area contributed by atoms with Gasteiger partial charge in [-0.15, -0.1) is 0 Å². The van der Waals surface area contributed by atoms with Crippen LogP contribution in [0.5, 0.6) is 0 Å². The first-order valence-electron chi connectivity index (χ1n) is 7.78. The van der Waals surface area contributed by atoms with Crippen LogP contribution in [0.1, 0.15) is 31.9 Å². The minimum Gasteiger partial charge on any atom is -0.443 e. The highest BCUT2D eigenvalue weighted by Crippen LogP contribution is 2.25. The second-order valence-electron chi connectivity index (χ2n) is 7.04. The molecule has 0 bridgehead atoms. The third-order valence-electron chi connectivity index (χ3n) is 3.52. The predicted molar refractivity (Wildman–Crippen MR) is 98.5 cm³/mol. The zero-order chi connectivity index (χ0) is 17.2. The summed E-state index contributed by atoms with van der Waals surface area (Å²) in [6, 6.07) is 6.18. The highest BCUT2D eigenvalue weighted by Gasteiger charge is 2.20. The molecule has 126 valence electrons. The third kappa shape index (κ3) is 4.58. The van der Waals surface area contributed by atoms with E-state index in [0.717, 1.165) is 29.2 Å². The maximum atomic E-state index is 12.5. The van der Waals surface area contributed by atoms with Gasteiger partial charge in [0.25, 0.3) is 0 Å². The minimum atomic E-state index is -0.507. The van der Waals surface area contributed by atoms with Gasteiger partial charge in [-0.25, -0.2) is 4.79 Å². The molecule has 1 aromatic heterocycles. The Bertz CT molecular complexity index is 699. The smallest absolute Gasteiger partial charge is 0.419 e. The molecule has 0 saturated heterocycles. The van der Waals surface area contributed by atoms with Crippen molar-refractivity contribution in [2.75, 3.05) is 20.6 Å². The van der Waals surface area contributed by atoms with Crippen molar-refractivity contribution in [3.8, 4) is 0 Å². The first-order chi connectivity index (χ1) is 10.7. The van der Waals surface area contributed by atoms with Crippen LogP contribution in [0.15, 0.2) is 24.4 Å². The van der Waals surface area contributed by atoms with Crippen LogP contribution in [0.25, 0.3) is 10.9 Å². The van der Waals surface area contributed by atoms with Gasteiger partial charge in [0.05, 0.1) is 5.52 Å². The largest absolute Gasteiger partial charge is 0.443 e. The molecule has 0 aliphatic carbocycles. The second-order valence-corrected chi connectivity index (χ2v) is 7.60. The molecule has 5 heteroatoms. The lowest BCUT2D eigenvalue weighted by molar-refractivity contribution is 0.0544. The summed E-state index contributed by atoms with van der Waals surface area (Å²) < 4.78 is 7.16. The van der Waals surface area contributed by atoms with Crippen molar-refractivity contribution in [1.29, 1.82) is 0 Å². The fourth-order valence-corrected chi connectivity index (χ4v) is 2.78. The lowest BCUT2D eigenvalue weighted by Crippen LogP contribution is -2.26. The Kier molecular flexibility index (Phi) is 5.53. The topological polar surface area (TPSA) is 34.5 Å².